The second-order valence-electron chi connectivity index (χ2n) is 3.36. The highest BCUT2D eigenvalue weighted by molar-refractivity contribution is 5.82. The summed E-state index contributed by atoms with van der Waals surface area (Å²) in [7, 11) is 1.29. The lowest BCUT2D eigenvalue weighted by molar-refractivity contribution is -0.142. The van der Waals surface area contributed by atoms with Crippen LogP contribution in [0.15, 0.2) is 29.4 Å². The average Bonchev–Trinajstić information content (AvgIpc) is 2.36. The van der Waals surface area contributed by atoms with Crippen molar-refractivity contribution in [3.8, 4) is 5.75 Å². The van der Waals surface area contributed by atoms with E-state index in [-0.39, 0.29) is 12.5 Å². The first-order chi connectivity index (χ1) is 8.61. The van der Waals surface area contributed by atoms with Crippen molar-refractivity contribution in [3.63, 3.8) is 0 Å². The van der Waals surface area contributed by atoms with Crippen LogP contribution in [0.5, 0.6) is 5.75 Å². The molecule has 18 heavy (non-hydrogen) atoms. The molecule has 0 heterocycles. The summed E-state index contributed by atoms with van der Waals surface area (Å²) in [6.45, 7) is 1.22. The number of hydrogen-bond acceptors (Lipinski definition) is 5. The summed E-state index contributed by atoms with van der Waals surface area (Å²) < 4.78 is 9.66. The number of benzene rings is 1. The monoisotopic (exact) mass is 250 g/mol. The number of nitrogens with one attached hydrogen (secondary N) is 1. The van der Waals surface area contributed by atoms with Crippen LogP contribution >= 0.6 is 0 Å². The van der Waals surface area contributed by atoms with Crippen LogP contribution in [0.25, 0.3) is 0 Å². The largest absolute Gasteiger partial charge is 0.482 e. The van der Waals surface area contributed by atoms with Gasteiger partial charge in [-0.1, -0.05) is 12.1 Å². The smallest absolute Gasteiger partial charge is 0.343 e. The molecule has 6 nitrogen and oxygen atoms in total. The predicted octanol–water partition coefficient (Wildman–Crippen LogP) is 0.708. The minimum Gasteiger partial charge on any atom is -0.482 e. The van der Waals surface area contributed by atoms with E-state index in [1.165, 1.54) is 20.2 Å². The van der Waals surface area contributed by atoms with E-state index in [4.69, 9.17) is 4.74 Å². The molecule has 0 aliphatic carbocycles. The minimum absolute atomic E-state index is 0.150. The van der Waals surface area contributed by atoms with E-state index in [2.05, 4.69) is 15.3 Å². The fourth-order valence-electron chi connectivity index (χ4n) is 1.08. The van der Waals surface area contributed by atoms with Gasteiger partial charge in [0.25, 0.3) is 0 Å². The van der Waals surface area contributed by atoms with E-state index < -0.39 is 5.97 Å². The van der Waals surface area contributed by atoms with Gasteiger partial charge in [-0.3, -0.25) is 4.79 Å². The quantitative estimate of drug-likeness (QED) is 0.474. The molecular weight excluding hydrogens is 236 g/mol. The molecule has 1 amide bonds. The standard InChI is InChI=1S/C12H14N2O4/c1-9(15)14-13-7-10-4-3-5-11(6-10)18-8-12(16)17-2/h3-7H,8H2,1-2H3,(H,14,15)/b13-7-. The summed E-state index contributed by atoms with van der Waals surface area (Å²) in [4.78, 5) is 21.5. The van der Waals surface area contributed by atoms with Crippen molar-refractivity contribution in [2.24, 2.45) is 5.10 Å². The number of hydrazone groups is 1. The van der Waals surface area contributed by atoms with Gasteiger partial charge in [0.05, 0.1) is 13.3 Å². The van der Waals surface area contributed by atoms with Crippen molar-refractivity contribution in [2.75, 3.05) is 13.7 Å². The van der Waals surface area contributed by atoms with Crippen LogP contribution in [0.4, 0.5) is 0 Å². The van der Waals surface area contributed by atoms with Crippen molar-refractivity contribution in [1.82, 2.24) is 5.43 Å². The van der Waals surface area contributed by atoms with Gasteiger partial charge in [-0.25, -0.2) is 10.2 Å². The molecule has 1 aromatic carbocycles. The van der Waals surface area contributed by atoms with Crippen molar-refractivity contribution >= 4 is 18.1 Å². The number of ether oxygens (including phenoxy) is 2. The molecule has 0 saturated carbocycles. The highest BCUT2D eigenvalue weighted by Crippen LogP contribution is 2.11. The van der Waals surface area contributed by atoms with E-state index in [1.807, 2.05) is 0 Å². The molecule has 0 spiro atoms. The molecule has 6 heteroatoms. The van der Waals surface area contributed by atoms with Crippen molar-refractivity contribution in [3.05, 3.63) is 29.8 Å². The third-order valence-corrected chi connectivity index (χ3v) is 1.88. The molecule has 96 valence electrons. The van der Waals surface area contributed by atoms with Gasteiger partial charge in [0.2, 0.25) is 5.91 Å². The first-order valence-corrected chi connectivity index (χ1v) is 5.21. The van der Waals surface area contributed by atoms with Crippen LogP contribution < -0.4 is 10.2 Å². The summed E-state index contributed by atoms with van der Waals surface area (Å²) in [5.74, 6) is -0.177. The maximum absolute atomic E-state index is 10.9. The molecule has 0 fully saturated rings. The molecule has 1 aromatic rings. The van der Waals surface area contributed by atoms with Gasteiger partial charge in [0.1, 0.15) is 5.75 Å². The Morgan fingerprint density at radius 3 is 2.89 bits per heavy atom. The van der Waals surface area contributed by atoms with Gasteiger partial charge in [-0.15, -0.1) is 0 Å². The van der Waals surface area contributed by atoms with E-state index in [1.54, 1.807) is 24.3 Å². The molecule has 0 aliphatic rings. The number of rotatable bonds is 5. The Labute approximate surface area is 105 Å². The fourth-order valence-corrected chi connectivity index (χ4v) is 1.08. The Kier molecular flexibility index (Phi) is 5.37. The zero-order valence-corrected chi connectivity index (χ0v) is 10.2. The zero-order valence-electron chi connectivity index (χ0n) is 10.2. The molecule has 0 atom stereocenters. The summed E-state index contributed by atoms with van der Waals surface area (Å²) in [6, 6.07) is 6.94. The highest BCUT2D eigenvalue weighted by atomic mass is 16.6. The summed E-state index contributed by atoms with van der Waals surface area (Å²) in [6.07, 6.45) is 1.48. The number of methoxy groups -OCH3 is 1. The van der Waals surface area contributed by atoms with E-state index in [9.17, 15) is 9.59 Å². The molecule has 0 aromatic heterocycles. The van der Waals surface area contributed by atoms with Crippen LogP contribution in [0.1, 0.15) is 12.5 Å². The maximum atomic E-state index is 10.9. The topological polar surface area (TPSA) is 77.0 Å². The van der Waals surface area contributed by atoms with Crippen LogP contribution in [-0.4, -0.2) is 31.8 Å². The van der Waals surface area contributed by atoms with Gasteiger partial charge >= 0.3 is 5.97 Å². The van der Waals surface area contributed by atoms with Crippen molar-refractivity contribution in [1.29, 1.82) is 0 Å². The number of carbonyl (C=O) groups is 2. The molecule has 1 N–H and O–H groups in total. The van der Waals surface area contributed by atoms with Gasteiger partial charge in [0, 0.05) is 6.92 Å². The number of nitrogens with zero attached hydrogens (tertiary/aromatic N) is 1. The van der Waals surface area contributed by atoms with E-state index >= 15 is 0 Å². The molecule has 1 rings (SSSR count). The Bertz CT molecular complexity index is 457. The Morgan fingerprint density at radius 2 is 2.22 bits per heavy atom. The maximum Gasteiger partial charge on any atom is 0.343 e. The number of esters is 1. The second kappa shape index (κ2) is 7.05. The van der Waals surface area contributed by atoms with Crippen LogP contribution in [0, 0.1) is 0 Å². The fraction of sp³-hybridized carbons (Fsp3) is 0.250. The lowest BCUT2D eigenvalue weighted by Gasteiger charge is -2.04. The third kappa shape index (κ3) is 5.11. The molecule has 0 aliphatic heterocycles. The average molecular weight is 250 g/mol. The molecule has 0 radical (unpaired) electrons. The Hall–Kier alpha value is -2.37. The van der Waals surface area contributed by atoms with Crippen molar-refractivity contribution < 1.29 is 19.1 Å². The number of carbonyl (C=O) groups excluding carboxylic acids is 2. The van der Waals surface area contributed by atoms with Gasteiger partial charge in [0.15, 0.2) is 6.61 Å². The van der Waals surface area contributed by atoms with E-state index in [0.29, 0.717) is 5.75 Å². The summed E-state index contributed by atoms with van der Waals surface area (Å²) >= 11 is 0. The lowest BCUT2D eigenvalue weighted by atomic mass is 10.2. The van der Waals surface area contributed by atoms with Gasteiger partial charge < -0.3 is 9.47 Å². The minimum atomic E-state index is -0.452. The first-order valence-electron chi connectivity index (χ1n) is 5.21. The summed E-state index contributed by atoms with van der Waals surface area (Å²) in [5, 5.41) is 3.72. The van der Waals surface area contributed by atoms with Gasteiger partial charge in [-0.05, 0) is 17.7 Å². The van der Waals surface area contributed by atoms with Gasteiger partial charge in [-0.2, -0.15) is 5.10 Å². The van der Waals surface area contributed by atoms with Crippen molar-refractivity contribution in [2.45, 2.75) is 6.92 Å². The van der Waals surface area contributed by atoms with E-state index in [0.717, 1.165) is 5.56 Å². The molecular formula is C12H14N2O4. The van der Waals surface area contributed by atoms with Crippen LogP contribution in [-0.2, 0) is 14.3 Å². The number of hydrogen-bond donors (Lipinski definition) is 1. The predicted molar refractivity (Wildman–Crippen MR) is 65.4 cm³/mol. The molecule has 0 saturated heterocycles. The lowest BCUT2D eigenvalue weighted by Crippen LogP contribution is -2.13. The van der Waals surface area contributed by atoms with Crippen LogP contribution in [0.2, 0.25) is 0 Å². The third-order valence-electron chi connectivity index (χ3n) is 1.88. The zero-order chi connectivity index (χ0) is 13.4. The summed E-state index contributed by atoms with van der Waals surface area (Å²) in [5.41, 5.74) is 3.03. The SMILES string of the molecule is COC(=O)COc1cccc(/C=N\NC(C)=O)c1. The second-order valence-corrected chi connectivity index (χ2v) is 3.36. The molecule has 0 unspecified atom stereocenters. The highest BCUT2D eigenvalue weighted by Gasteiger charge is 2.01. The Balaban J connectivity index is 2.59. The Morgan fingerprint density at radius 1 is 1.44 bits per heavy atom. The normalized spacial score (nSPS) is 10.1. The van der Waals surface area contributed by atoms with Crippen LogP contribution in [0.3, 0.4) is 0 Å². The molecule has 0 bridgehead atoms. The first kappa shape index (κ1) is 13.7. The number of amides is 1.